The van der Waals surface area contributed by atoms with Crippen LogP contribution in [0.1, 0.15) is 27.7 Å². The van der Waals surface area contributed by atoms with Gasteiger partial charge in [0.05, 0.1) is 22.3 Å². The van der Waals surface area contributed by atoms with E-state index in [0.717, 1.165) is 75.7 Å². The quantitative estimate of drug-likeness (QED) is 0.178. The molecule has 0 saturated carbocycles. The Kier molecular flexibility index (Phi) is 5.80. The first kappa shape index (κ1) is 28.2. The smallest absolute Gasteiger partial charge is 0.135 e. The zero-order chi connectivity index (χ0) is 41.4. The van der Waals surface area contributed by atoms with E-state index >= 15 is 0 Å². The van der Waals surface area contributed by atoms with Gasteiger partial charge in [-0.3, -0.25) is 0 Å². The van der Waals surface area contributed by atoms with Crippen LogP contribution in [0.3, 0.4) is 0 Å². The second-order valence-corrected chi connectivity index (χ2v) is 16.3. The van der Waals surface area contributed by atoms with Gasteiger partial charge in [0.1, 0.15) is 11.2 Å². The summed E-state index contributed by atoms with van der Waals surface area (Å²) in [4.78, 5) is 2.10. The van der Waals surface area contributed by atoms with Crippen molar-refractivity contribution in [1.29, 1.82) is 0 Å². The van der Waals surface area contributed by atoms with E-state index in [4.69, 9.17) is 4.42 Å². The first-order valence-corrected chi connectivity index (χ1v) is 20.4. The van der Waals surface area contributed by atoms with Crippen LogP contribution in [0.5, 0.6) is 0 Å². The molecule has 0 atom stereocenters. The molecule has 0 bridgehead atoms. The third-order valence-corrected chi connectivity index (χ3v) is 13.6. The van der Waals surface area contributed by atoms with Crippen molar-refractivity contribution in [3.8, 4) is 33.4 Å². The average molecular weight is 760 g/mol. The van der Waals surface area contributed by atoms with Gasteiger partial charge in [0, 0.05) is 47.8 Å². The maximum atomic E-state index is 10.00. The lowest BCUT2D eigenvalue weighted by atomic mass is 9.70. The van der Waals surface area contributed by atoms with Crippen LogP contribution in [0, 0.1) is 0 Å². The Hall–Kier alpha value is -7.20. The Morgan fingerprint density at radius 2 is 1.05 bits per heavy atom. The predicted molar refractivity (Wildman–Crippen MR) is 243 cm³/mol. The summed E-state index contributed by atoms with van der Waals surface area (Å²) in [5.74, 6) is 0. The second kappa shape index (κ2) is 11.9. The molecule has 2 aliphatic carbocycles. The van der Waals surface area contributed by atoms with Crippen molar-refractivity contribution in [2.45, 2.75) is 5.41 Å². The van der Waals surface area contributed by atoms with Gasteiger partial charge < -0.3 is 9.32 Å². The van der Waals surface area contributed by atoms with Gasteiger partial charge in [0.25, 0.3) is 0 Å². The van der Waals surface area contributed by atoms with Gasteiger partial charge in [-0.25, -0.2) is 0 Å². The first-order valence-electron chi connectivity index (χ1n) is 21.6. The van der Waals surface area contributed by atoms with Crippen molar-refractivity contribution in [2.75, 3.05) is 4.90 Å². The van der Waals surface area contributed by atoms with E-state index in [0.29, 0.717) is 11.3 Å². The van der Waals surface area contributed by atoms with Crippen LogP contribution in [0.15, 0.2) is 205 Å². The third kappa shape index (κ3) is 4.16. The van der Waals surface area contributed by atoms with E-state index in [2.05, 4.69) is 126 Å². The number of anilines is 3. The molecule has 2 nitrogen and oxygen atoms in total. The molecule has 2 aliphatic rings. The van der Waals surface area contributed by atoms with Gasteiger partial charge in [-0.2, -0.15) is 0 Å². The van der Waals surface area contributed by atoms with Crippen molar-refractivity contribution in [2.24, 2.45) is 0 Å². The van der Waals surface area contributed by atoms with Crippen molar-refractivity contribution >= 4 is 70.5 Å². The molecule has 1 spiro atoms. The predicted octanol–water partition coefficient (Wildman–Crippen LogP) is 15.4. The summed E-state index contributed by atoms with van der Waals surface area (Å²) < 4.78 is 46.8. The lowest BCUT2D eigenvalue weighted by Crippen LogP contribution is -2.26. The Balaban J connectivity index is 1.19. The molecule has 13 rings (SSSR count). The molecule has 270 valence electrons. The molecule has 58 heavy (non-hydrogen) atoms. The molecular formula is C55H33NOS. The van der Waals surface area contributed by atoms with Gasteiger partial charge in [-0.05, 0) is 93.0 Å². The number of benzene rings is 9. The molecule has 0 amide bonds. The van der Waals surface area contributed by atoms with Gasteiger partial charge in [-0.15, -0.1) is 11.3 Å². The highest BCUT2D eigenvalue weighted by atomic mass is 32.1. The Morgan fingerprint density at radius 3 is 1.88 bits per heavy atom. The van der Waals surface area contributed by atoms with Gasteiger partial charge in [0.15, 0.2) is 0 Å². The molecule has 2 aromatic heterocycles. The largest absolute Gasteiger partial charge is 0.456 e. The number of rotatable bonds is 4. The lowest BCUT2D eigenvalue weighted by molar-refractivity contribution is 0.669. The monoisotopic (exact) mass is 759 g/mol. The Morgan fingerprint density at radius 1 is 0.448 bits per heavy atom. The molecule has 0 N–H and O–H groups in total. The summed E-state index contributed by atoms with van der Waals surface area (Å²) in [6.07, 6.45) is 0. The van der Waals surface area contributed by atoms with E-state index < -0.39 is 5.41 Å². The summed E-state index contributed by atoms with van der Waals surface area (Å²) in [7, 11) is 0. The summed E-state index contributed by atoms with van der Waals surface area (Å²) in [6.45, 7) is 0. The maximum Gasteiger partial charge on any atom is 0.135 e. The first-order chi connectivity index (χ1) is 30.4. The second-order valence-electron chi connectivity index (χ2n) is 15.2. The standard InChI is InChI=1S/C55H33NOS/c1-7-22-43-35(15-1)36-16-2-8-23-44(36)55(43)45-24-9-3-19-40(45)54-46(55)25-14-27-48(54)56(34-31-32-50-42(33-34)38-18-5-11-28-49(38)57-50)47-26-10-4-17-37(47)39-21-13-30-52-53(39)41-20-6-12-29-51(41)58-52/h1-33H/i4D,10D,17D,26D. The number of para-hydroxylation sites is 2. The minimum Gasteiger partial charge on any atom is -0.456 e. The molecule has 11 aromatic rings. The zero-order valence-electron chi connectivity index (χ0n) is 35.0. The highest BCUT2D eigenvalue weighted by Crippen LogP contribution is 2.65. The number of thiophene rings is 1. The van der Waals surface area contributed by atoms with E-state index in [1.807, 2.05) is 54.6 Å². The Labute approximate surface area is 345 Å². The fraction of sp³-hybridized carbons (Fsp3) is 0.0182. The molecule has 0 saturated heterocycles. The van der Waals surface area contributed by atoms with Crippen molar-refractivity contribution < 1.29 is 9.90 Å². The van der Waals surface area contributed by atoms with Crippen LogP contribution in [-0.4, -0.2) is 0 Å². The summed E-state index contributed by atoms with van der Waals surface area (Å²) >= 11 is 1.69. The fourth-order valence-electron chi connectivity index (χ4n) is 10.2. The summed E-state index contributed by atoms with van der Waals surface area (Å²) in [5.41, 5.74) is 13.3. The highest BCUT2D eigenvalue weighted by molar-refractivity contribution is 7.25. The van der Waals surface area contributed by atoms with Crippen LogP contribution < -0.4 is 4.90 Å². The van der Waals surface area contributed by atoms with E-state index in [1.165, 1.54) is 27.8 Å². The molecule has 0 unspecified atom stereocenters. The highest BCUT2D eigenvalue weighted by Gasteiger charge is 2.52. The van der Waals surface area contributed by atoms with Gasteiger partial charge in [0.2, 0.25) is 0 Å². The molecule has 0 radical (unpaired) electrons. The number of furan rings is 1. The maximum absolute atomic E-state index is 10.00. The SMILES string of the molecule is [2H]c1c([2H])c([2H])c(N(c2ccc3oc4ccccc4c3c2)c2cccc3c2-c2ccccc2C32c3ccccc3-c3ccccc32)c(-c2cccc3sc4ccccc4c23)c1[2H]. The van der Waals surface area contributed by atoms with Crippen LogP contribution in [0.4, 0.5) is 17.1 Å². The minimum absolute atomic E-state index is 0.0910. The normalized spacial score (nSPS) is 14.3. The van der Waals surface area contributed by atoms with E-state index in [1.54, 1.807) is 11.3 Å². The number of hydrogen-bond acceptors (Lipinski definition) is 3. The molecule has 2 heterocycles. The van der Waals surface area contributed by atoms with E-state index in [-0.39, 0.29) is 24.2 Å². The van der Waals surface area contributed by atoms with Crippen molar-refractivity contribution in [3.05, 3.63) is 222 Å². The minimum atomic E-state index is -0.620. The molecule has 3 heteroatoms. The molecule has 0 aliphatic heterocycles. The van der Waals surface area contributed by atoms with Crippen molar-refractivity contribution in [1.82, 2.24) is 0 Å². The average Bonchev–Trinajstić information content (AvgIpc) is 4.05. The Bertz CT molecular complexity index is 3690. The van der Waals surface area contributed by atoms with Crippen LogP contribution in [-0.2, 0) is 5.41 Å². The van der Waals surface area contributed by atoms with Crippen LogP contribution in [0.2, 0.25) is 0 Å². The van der Waals surface area contributed by atoms with Crippen LogP contribution in [0.25, 0.3) is 75.5 Å². The topological polar surface area (TPSA) is 16.4 Å². The van der Waals surface area contributed by atoms with Crippen LogP contribution >= 0.6 is 11.3 Å². The summed E-state index contributed by atoms with van der Waals surface area (Å²) in [5, 5.41) is 3.90. The molecule has 9 aromatic carbocycles. The number of hydrogen-bond donors (Lipinski definition) is 0. The number of nitrogens with zero attached hydrogens (tertiary/aromatic N) is 1. The fourth-order valence-corrected chi connectivity index (χ4v) is 11.3. The van der Waals surface area contributed by atoms with Crippen molar-refractivity contribution in [3.63, 3.8) is 0 Å². The lowest BCUT2D eigenvalue weighted by Gasteiger charge is -2.32. The van der Waals surface area contributed by atoms with E-state index in [9.17, 15) is 5.48 Å². The molecular weight excluding hydrogens is 723 g/mol. The van der Waals surface area contributed by atoms with Gasteiger partial charge >= 0.3 is 0 Å². The van der Waals surface area contributed by atoms with Gasteiger partial charge in [-0.1, -0.05) is 152 Å². The molecule has 0 fully saturated rings. The zero-order valence-corrected chi connectivity index (χ0v) is 31.8. The third-order valence-electron chi connectivity index (χ3n) is 12.4. The number of fused-ring (bicyclic) bond motifs is 16. The summed E-state index contributed by atoms with van der Waals surface area (Å²) in [6, 6.07) is 60.4.